The molecule has 0 radical (unpaired) electrons. The summed E-state index contributed by atoms with van der Waals surface area (Å²) in [5.74, 6) is -0.279. The highest BCUT2D eigenvalue weighted by atomic mass is 32.1. The summed E-state index contributed by atoms with van der Waals surface area (Å²) in [6.45, 7) is 5.34. The summed E-state index contributed by atoms with van der Waals surface area (Å²) < 4.78 is 1.70. The van der Waals surface area contributed by atoms with Crippen LogP contribution >= 0.6 is 11.3 Å². The molecule has 4 rings (SSSR count). The first kappa shape index (κ1) is 21.9. The fourth-order valence-corrected chi connectivity index (χ4v) is 3.87. The highest BCUT2D eigenvalue weighted by Crippen LogP contribution is 2.27. The SMILES string of the molecule is CC(=O)Nc1nc(NC(=O)c2cnc(-c3ccc4cc(C#N)cnn34)cc2NC(C)C)cs1. The number of hydrogen-bond acceptors (Lipinski definition) is 8. The molecule has 33 heavy (non-hydrogen) atoms. The molecule has 0 saturated heterocycles. The van der Waals surface area contributed by atoms with Crippen molar-refractivity contribution < 1.29 is 9.59 Å². The normalized spacial score (nSPS) is 10.8. The van der Waals surface area contributed by atoms with Gasteiger partial charge in [0.25, 0.3) is 5.91 Å². The van der Waals surface area contributed by atoms with Gasteiger partial charge in [-0.05, 0) is 38.1 Å². The molecule has 0 atom stereocenters. The molecular weight excluding hydrogens is 440 g/mol. The van der Waals surface area contributed by atoms with Crippen LogP contribution in [-0.4, -0.2) is 37.4 Å². The van der Waals surface area contributed by atoms with Crippen LogP contribution in [0.2, 0.25) is 0 Å². The standard InChI is InChI=1S/C22H20N8O2S/c1-12(2)26-17-7-18(19-5-4-15-6-14(8-23)9-25-30(15)19)24-10-16(17)21(32)28-20-11-33-22(29-20)27-13(3)31/h4-7,9-12H,1-3H3,(H,24,26)(H,28,32)(H,27,29,31). The zero-order chi connectivity index (χ0) is 23.5. The largest absolute Gasteiger partial charge is 0.382 e. The average Bonchev–Trinajstić information content (AvgIpc) is 3.38. The van der Waals surface area contributed by atoms with Crippen LogP contribution in [0.25, 0.3) is 16.9 Å². The Hall–Kier alpha value is -4.30. The monoisotopic (exact) mass is 460 g/mol. The Morgan fingerprint density at radius 1 is 1.18 bits per heavy atom. The van der Waals surface area contributed by atoms with Gasteiger partial charge in [-0.1, -0.05) is 0 Å². The van der Waals surface area contributed by atoms with E-state index in [0.29, 0.717) is 33.5 Å². The number of hydrogen-bond donors (Lipinski definition) is 3. The zero-order valence-electron chi connectivity index (χ0n) is 18.1. The van der Waals surface area contributed by atoms with Crippen molar-refractivity contribution in [2.75, 3.05) is 16.0 Å². The molecule has 0 fully saturated rings. The number of rotatable bonds is 6. The number of thiazole rings is 1. The summed E-state index contributed by atoms with van der Waals surface area (Å²) in [5.41, 5.74) is 3.54. The number of nitriles is 1. The summed E-state index contributed by atoms with van der Waals surface area (Å²) in [5, 5.41) is 24.1. The third-order valence-corrected chi connectivity index (χ3v) is 5.27. The number of nitrogens with one attached hydrogen (secondary N) is 3. The van der Waals surface area contributed by atoms with Crippen LogP contribution in [0, 0.1) is 11.3 Å². The lowest BCUT2D eigenvalue weighted by atomic mass is 10.1. The lowest BCUT2D eigenvalue weighted by molar-refractivity contribution is -0.114. The Balaban J connectivity index is 1.66. The van der Waals surface area contributed by atoms with Gasteiger partial charge in [0.15, 0.2) is 5.13 Å². The third kappa shape index (κ3) is 4.81. The van der Waals surface area contributed by atoms with Gasteiger partial charge in [-0.2, -0.15) is 10.4 Å². The van der Waals surface area contributed by atoms with Crippen molar-refractivity contribution in [1.82, 2.24) is 19.6 Å². The summed E-state index contributed by atoms with van der Waals surface area (Å²) in [7, 11) is 0. The predicted molar refractivity (Wildman–Crippen MR) is 126 cm³/mol. The fourth-order valence-electron chi connectivity index (χ4n) is 3.18. The van der Waals surface area contributed by atoms with E-state index >= 15 is 0 Å². The minimum atomic E-state index is -0.381. The zero-order valence-corrected chi connectivity index (χ0v) is 18.9. The predicted octanol–water partition coefficient (Wildman–Crippen LogP) is 3.76. The van der Waals surface area contributed by atoms with Crippen molar-refractivity contribution in [3.05, 3.63) is 53.2 Å². The van der Waals surface area contributed by atoms with E-state index in [-0.39, 0.29) is 17.9 Å². The van der Waals surface area contributed by atoms with E-state index in [1.807, 2.05) is 26.0 Å². The van der Waals surface area contributed by atoms with Gasteiger partial charge in [-0.15, -0.1) is 11.3 Å². The highest BCUT2D eigenvalue weighted by molar-refractivity contribution is 7.14. The highest BCUT2D eigenvalue weighted by Gasteiger charge is 2.18. The van der Waals surface area contributed by atoms with Crippen LogP contribution in [0.1, 0.15) is 36.7 Å². The number of anilines is 3. The molecular formula is C22H20N8O2S. The van der Waals surface area contributed by atoms with Crippen molar-refractivity contribution in [2.45, 2.75) is 26.8 Å². The van der Waals surface area contributed by atoms with E-state index in [2.05, 4.69) is 37.1 Å². The maximum Gasteiger partial charge on any atom is 0.260 e. The van der Waals surface area contributed by atoms with Gasteiger partial charge >= 0.3 is 0 Å². The minimum Gasteiger partial charge on any atom is -0.382 e. The average molecular weight is 461 g/mol. The Morgan fingerprint density at radius 2 is 2.00 bits per heavy atom. The molecule has 0 aliphatic rings. The smallest absolute Gasteiger partial charge is 0.260 e. The van der Waals surface area contributed by atoms with Crippen molar-refractivity contribution in [1.29, 1.82) is 5.26 Å². The van der Waals surface area contributed by atoms with Gasteiger partial charge in [0.05, 0.1) is 39.9 Å². The third-order valence-electron chi connectivity index (χ3n) is 4.51. The summed E-state index contributed by atoms with van der Waals surface area (Å²) in [6.07, 6.45) is 2.99. The summed E-state index contributed by atoms with van der Waals surface area (Å²) in [6, 6.07) is 9.40. The molecule has 0 spiro atoms. The van der Waals surface area contributed by atoms with Gasteiger partial charge in [0.1, 0.15) is 11.9 Å². The van der Waals surface area contributed by atoms with Gasteiger partial charge in [-0.3, -0.25) is 14.6 Å². The van der Waals surface area contributed by atoms with Crippen molar-refractivity contribution in [3.63, 3.8) is 0 Å². The maximum atomic E-state index is 13.0. The second kappa shape index (κ2) is 9.05. The Kier molecular flexibility index (Phi) is 6.01. The van der Waals surface area contributed by atoms with E-state index in [1.165, 1.54) is 30.7 Å². The minimum absolute atomic E-state index is 0.0674. The molecule has 11 heteroatoms. The second-order valence-electron chi connectivity index (χ2n) is 7.50. The number of carbonyl (C=O) groups excluding carboxylic acids is 2. The van der Waals surface area contributed by atoms with Crippen LogP contribution in [0.4, 0.5) is 16.6 Å². The van der Waals surface area contributed by atoms with E-state index in [0.717, 1.165) is 11.2 Å². The van der Waals surface area contributed by atoms with Crippen LogP contribution in [-0.2, 0) is 4.79 Å². The van der Waals surface area contributed by atoms with Gasteiger partial charge < -0.3 is 16.0 Å². The van der Waals surface area contributed by atoms with Crippen molar-refractivity contribution >= 4 is 45.3 Å². The molecule has 0 saturated carbocycles. The first-order valence-electron chi connectivity index (χ1n) is 10.0. The van der Waals surface area contributed by atoms with Gasteiger partial charge in [-0.25, -0.2) is 9.50 Å². The summed E-state index contributed by atoms with van der Waals surface area (Å²) >= 11 is 1.22. The fraction of sp³-hybridized carbons (Fsp3) is 0.182. The van der Waals surface area contributed by atoms with Crippen molar-refractivity contribution in [3.8, 4) is 17.5 Å². The topological polar surface area (TPSA) is 137 Å². The Labute approximate surface area is 193 Å². The quantitative estimate of drug-likeness (QED) is 0.398. The number of aromatic nitrogens is 4. The van der Waals surface area contributed by atoms with Crippen LogP contribution < -0.4 is 16.0 Å². The van der Waals surface area contributed by atoms with E-state index < -0.39 is 0 Å². The number of fused-ring (bicyclic) bond motifs is 1. The number of carbonyl (C=O) groups is 2. The van der Waals surface area contributed by atoms with Crippen LogP contribution in [0.15, 0.2) is 42.0 Å². The molecule has 0 unspecified atom stereocenters. The molecule has 3 N–H and O–H groups in total. The number of amides is 2. The molecule has 0 bridgehead atoms. The molecule has 166 valence electrons. The lowest BCUT2D eigenvalue weighted by Crippen LogP contribution is -2.18. The molecule has 0 aromatic carbocycles. The molecule has 2 amide bonds. The van der Waals surface area contributed by atoms with Crippen LogP contribution in [0.5, 0.6) is 0 Å². The van der Waals surface area contributed by atoms with Crippen LogP contribution in [0.3, 0.4) is 0 Å². The molecule has 4 aromatic rings. The van der Waals surface area contributed by atoms with E-state index in [1.54, 1.807) is 22.0 Å². The maximum absolute atomic E-state index is 13.0. The first-order valence-corrected chi connectivity index (χ1v) is 10.9. The molecule has 0 aliphatic heterocycles. The van der Waals surface area contributed by atoms with Crippen molar-refractivity contribution in [2.24, 2.45) is 0 Å². The molecule has 0 aliphatic carbocycles. The molecule has 4 heterocycles. The van der Waals surface area contributed by atoms with E-state index in [4.69, 9.17) is 5.26 Å². The Bertz CT molecular complexity index is 1400. The van der Waals surface area contributed by atoms with Gasteiger partial charge in [0, 0.05) is 24.5 Å². The molecule has 10 nitrogen and oxygen atoms in total. The number of nitrogens with zero attached hydrogens (tertiary/aromatic N) is 5. The second-order valence-corrected chi connectivity index (χ2v) is 8.36. The lowest BCUT2D eigenvalue weighted by Gasteiger charge is -2.15. The Morgan fingerprint density at radius 3 is 2.73 bits per heavy atom. The van der Waals surface area contributed by atoms with E-state index in [9.17, 15) is 9.59 Å². The number of pyridine rings is 1. The summed E-state index contributed by atoms with van der Waals surface area (Å²) in [4.78, 5) is 32.8. The molecule has 4 aromatic heterocycles. The van der Waals surface area contributed by atoms with Gasteiger partial charge in [0.2, 0.25) is 5.91 Å². The first-order chi connectivity index (χ1) is 15.8.